The van der Waals surface area contributed by atoms with Gasteiger partial charge in [-0.2, -0.15) is 22.0 Å². The van der Waals surface area contributed by atoms with Gasteiger partial charge in [0.05, 0.1) is 28.8 Å². The smallest absolute Gasteiger partial charge is 0.416 e. The van der Waals surface area contributed by atoms with Crippen molar-refractivity contribution in [3.8, 4) is 23.0 Å². The quantitative estimate of drug-likeness (QED) is 0.224. The van der Waals surface area contributed by atoms with E-state index in [0.717, 1.165) is 23.9 Å². The van der Waals surface area contributed by atoms with Crippen molar-refractivity contribution >= 4 is 26.2 Å². The first-order valence-electron chi connectivity index (χ1n) is 11.0. The number of nitrogens with zero attached hydrogens (tertiary/aromatic N) is 4. The molecule has 0 bridgehead atoms. The molecule has 4 aromatic rings. The first-order valence-corrected chi connectivity index (χ1v) is 11.6. The third-order valence-corrected chi connectivity index (χ3v) is 6.05. The number of aromatic amines is 1. The summed E-state index contributed by atoms with van der Waals surface area (Å²) >= 11 is 0. The molecule has 2 unspecified atom stereocenters. The number of ether oxygens (including phenoxy) is 1. The van der Waals surface area contributed by atoms with E-state index in [1.807, 2.05) is 6.07 Å². The van der Waals surface area contributed by atoms with E-state index in [9.17, 15) is 22.0 Å². The van der Waals surface area contributed by atoms with E-state index in [2.05, 4.69) is 25.3 Å². The van der Waals surface area contributed by atoms with Crippen molar-refractivity contribution in [3.05, 3.63) is 72.2 Å². The average molecular weight is 534 g/mol. The molecule has 0 radical (unpaired) electrons. The molecule has 1 aliphatic carbocycles. The predicted octanol–water partition coefficient (Wildman–Crippen LogP) is 6.30. The second kappa shape index (κ2) is 9.26. The van der Waals surface area contributed by atoms with Gasteiger partial charge in [-0.25, -0.2) is 9.97 Å². The van der Waals surface area contributed by atoms with E-state index in [4.69, 9.17) is 4.74 Å². The van der Waals surface area contributed by atoms with Crippen LogP contribution in [0.5, 0.6) is 11.5 Å². The highest BCUT2D eigenvalue weighted by molar-refractivity contribution is 7.17. The fourth-order valence-corrected chi connectivity index (χ4v) is 3.98. The topological polar surface area (TPSA) is 80.7 Å². The lowest BCUT2D eigenvalue weighted by atomic mass is 10.0. The number of fused-ring (bicyclic) bond motifs is 1. The van der Waals surface area contributed by atoms with Crippen LogP contribution < -0.4 is 10.1 Å². The largest absolute Gasteiger partial charge is 0.457 e. The lowest BCUT2D eigenvalue weighted by Crippen LogP contribution is -2.22. The van der Waals surface area contributed by atoms with Gasteiger partial charge >= 0.3 is 6.18 Å². The van der Waals surface area contributed by atoms with Gasteiger partial charge in [0.25, 0.3) is 5.66 Å². The molecular weight excluding hydrogens is 514 g/mol. The number of rotatable bonds is 6. The number of alkyl halides is 5. The number of nitrogens with one attached hydrogen (secondary N) is 2. The van der Waals surface area contributed by atoms with Crippen LogP contribution in [0.3, 0.4) is 0 Å². The first kappa shape index (κ1) is 24.9. The molecule has 0 fully saturated rings. The molecule has 0 saturated heterocycles. The minimum absolute atomic E-state index is 0.174. The van der Waals surface area contributed by atoms with Crippen LogP contribution in [0, 0.1) is 0 Å². The van der Waals surface area contributed by atoms with Crippen molar-refractivity contribution in [3.63, 3.8) is 0 Å². The summed E-state index contributed by atoms with van der Waals surface area (Å²) in [4.78, 5) is 15.2. The maximum atomic E-state index is 13.5. The zero-order valence-electron chi connectivity index (χ0n) is 19.2. The van der Waals surface area contributed by atoms with Gasteiger partial charge in [0.1, 0.15) is 22.9 Å². The van der Waals surface area contributed by atoms with Gasteiger partial charge in [0, 0.05) is 25.4 Å². The second-order valence-electron chi connectivity index (χ2n) is 8.40. The molecule has 2 N–H and O–H groups in total. The summed E-state index contributed by atoms with van der Waals surface area (Å²) in [6, 6.07) is 8.12. The highest BCUT2D eigenvalue weighted by atomic mass is 31.0. The predicted molar refractivity (Wildman–Crippen MR) is 132 cm³/mol. The van der Waals surface area contributed by atoms with Gasteiger partial charge < -0.3 is 19.6 Å². The number of H-pyrrole nitrogens is 1. The van der Waals surface area contributed by atoms with E-state index in [-0.39, 0.29) is 24.0 Å². The number of aryl methyl sites for hydroxylation is 1. The van der Waals surface area contributed by atoms with E-state index < -0.39 is 17.4 Å². The van der Waals surface area contributed by atoms with Crippen molar-refractivity contribution in [1.82, 2.24) is 24.5 Å². The highest BCUT2D eigenvalue weighted by Crippen LogP contribution is 2.35. The number of pyridine rings is 1. The third kappa shape index (κ3) is 5.34. The van der Waals surface area contributed by atoms with E-state index in [1.54, 1.807) is 35.9 Å². The molecule has 0 spiro atoms. The van der Waals surface area contributed by atoms with Crippen molar-refractivity contribution < 1.29 is 26.7 Å². The van der Waals surface area contributed by atoms with Gasteiger partial charge in [-0.1, -0.05) is 27.5 Å². The van der Waals surface area contributed by atoms with Crippen LogP contribution in [0.15, 0.2) is 66.5 Å². The zero-order chi connectivity index (χ0) is 26.4. The van der Waals surface area contributed by atoms with Gasteiger partial charge in [0.2, 0.25) is 5.95 Å². The minimum atomic E-state index is -4.37. The van der Waals surface area contributed by atoms with Gasteiger partial charge in [-0.3, -0.25) is 4.98 Å². The van der Waals surface area contributed by atoms with Crippen molar-refractivity contribution in [2.24, 2.45) is 7.05 Å². The number of halogens is 5. The van der Waals surface area contributed by atoms with Crippen LogP contribution in [0.2, 0.25) is 0 Å². The van der Waals surface area contributed by atoms with Gasteiger partial charge in [-0.05, 0) is 24.6 Å². The number of hydrogen-bond donors (Lipinski definition) is 2. The van der Waals surface area contributed by atoms with Crippen LogP contribution in [0.4, 0.5) is 27.9 Å². The SMILES string of the molecule is Cn1c(NC2C=CC(C(F)(F)F)=CC2)nc2cc(Oc3ccnc(-c4ncc(C(F)(F)P)[nH]4)c3)ccc21. The molecule has 13 heteroatoms. The molecule has 1 aromatic carbocycles. The van der Waals surface area contributed by atoms with E-state index in [0.29, 0.717) is 28.7 Å². The second-order valence-corrected chi connectivity index (χ2v) is 9.12. The fraction of sp³-hybridized carbons (Fsp3) is 0.208. The summed E-state index contributed by atoms with van der Waals surface area (Å²) in [5, 5.41) is 3.16. The molecule has 0 saturated carbocycles. The molecule has 5 rings (SSSR count). The number of imidazole rings is 2. The Balaban J connectivity index is 1.32. The zero-order valence-corrected chi connectivity index (χ0v) is 20.4. The maximum Gasteiger partial charge on any atom is 0.416 e. The molecule has 37 heavy (non-hydrogen) atoms. The fourth-order valence-electron chi connectivity index (χ4n) is 3.84. The lowest BCUT2D eigenvalue weighted by molar-refractivity contribution is -0.0886. The standard InChI is InChI=1S/C24H20F5N6OP/c1-35-19-7-6-15(10-17(19)33-22(35)32-14-4-2-13(3-5-14)23(25,26)27)36-16-8-9-30-18(11-16)21-31-12-20(34-21)24(28,29)37/h2-4,6-12,14H,5,37H2,1H3,(H,31,34)(H,32,33). The Kier molecular flexibility index (Phi) is 6.23. The summed E-state index contributed by atoms with van der Waals surface area (Å²) in [7, 11) is 3.25. The van der Waals surface area contributed by atoms with Crippen LogP contribution >= 0.6 is 9.24 Å². The van der Waals surface area contributed by atoms with Crippen LogP contribution in [0.25, 0.3) is 22.6 Å². The highest BCUT2D eigenvalue weighted by Gasteiger charge is 2.33. The van der Waals surface area contributed by atoms with E-state index >= 15 is 0 Å². The Labute approximate surface area is 209 Å². The van der Waals surface area contributed by atoms with Crippen LogP contribution in [0.1, 0.15) is 12.1 Å². The summed E-state index contributed by atoms with van der Waals surface area (Å²) in [6.45, 7) is 0. The Morgan fingerprint density at radius 2 is 1.89 bits per heavy atom. The maximum absolute atomic E-state index is 13.5. The molecule has 7 nitrogen and oxygen atoms in total. The molecule has 1 aliphatic rings. The Hall–Kier alpha value is -3.79. The number of hydrogen-bond acceptors (Lipinski definition) is 5. The van der Waals surface area contributed by atoms with Crippen LogP contribution in [-0.4, -0.2) is 36.7 Å². The van der Waals surface area contributed by atoms with Gasteiger partial charge in [0.15, 0.2) is 5.82 Å². The monoisotopic (exact) mass is 534 g/mol. The summed E-state index contributed by atoms with van der Waals surface area (Å²) in [5.74, 6) is 1.55. The molecule has 0 amide bonds. The number of allylic oxidation sites excluding steroid dienone is 2. The molecule has 3 aromatic heterocycles. The lowest BCUT2D eigenvalue weighted by Gasteiger charge is -2.19. The summed E-state index contributed by atoms with van der Waals surface area (Å²) in [5.41, 5.74) is -2.43. The summed E-state index contributed by atoms with van der Waals surface area (Å²) in [6.07, 6.45) is 2.03. The minimum Gasteiger partial charge on any atom is -0.457 e. The van der Waals surface area contributed by atoms with Crippen molar-refractivity contribution in [2.75, 3.05) is 5.32 Å². The Morgan fingerprint density at radius 3 is 2.57 bits per heavy atom. The molecule has 0 aliphatic heterocycles. The van der Waals surface area contributed by atoms with Gasteiger partial charge in [-0.15, -0.1) is 0 Å². The molecular formula is C24H20F5N6OP. The first-order chi connectivity index (χ1) is 17.5. The molecule has 3 heterocycles. The summed E-state index contributed by atoms with van der Waals surface area (Å²) < 4.78 is 73.2. The number of anilines is 1. The number of aromatic nitrogens is 5. The normalized spacial score (nSPS) is 16.2. The number of benzene rings is 1. The third-order valence-electron chi connectivity index (χ3n) is 5.74. The van der Waals surface area contributed by atoms with Crippen molar-refractivity contribution in [2.45, 2.75) is 24.3 Å². The van der Waals surface area contributed by atoms with E-state index in [1.165, 1.54) is 21.5 Å². The van der Waals surface area contributed by atoms with Crippen molar-refractivity contribution in [1.29, 1.82) is 0 Å². The Bertz CT molecular complexity index is 1520. The Morgan fingerprint density at radius 1 is 1.11 bits per heavy atom. The molecule has 2 atom stereocenters. The average Bonchev–Trinajstić information content (AvgIpc) is 3.45. The van der Waals surface area contributed by atoms with Crippen LogP contribution in [-0.2, 0) is 12.7 Å². The molecule has 192 valence electrons.